The third-order valence-corrected chi connectivity index (χ3v) is 5.00. The maximum atomic E-state index is 12.2. The van der Waals surface area contributed by atoms with E-state index in [-0.39, 0.29) is 5.95 Å². The molecule has 6 heteroatoms. The van der Waals surface area contributed by atoms with Crippen LogP contribution in [-0.4, -0.2) is 34.1 Å². The molecule has 1 aromatic carbocycles. The van der Waals surface area contributed by atoms with Crippen molar-refractivity contribution in [3.8, 4) is 0 Å². The summed E-state index contributed by atoms with van der Waals surface area (Å²) in [5.74, 6) is 0.180. The van der Waals surface area contributed by atoms with Gasteiger partial charge in [-0.2, -0.15) is 4.98 Å². The number of aryl methyl sites for hydroxylation is 2. The summed E-state index contributed by atoms with van der Waals surface area (Å²) in [5, 5.41) is 10.0. The molecule has 3 rings (SSSR count). The second-order valence-electron chi connectivity index (χ2n) is 6.94. The third kappa shape index (κ3) is 3.57. The zero-order chi connectivity index (χ0) is 18.0. The van der Waals surface area contributed by atoms with E-state index in [1.54, 1.807) is 0 Å². The van der Waals surface area contributed by atoms with Gasteiger partial charge in [0.2, 0.25) is 5.95 Å². The fourth-order valence-corrected chi connectivity index (χ4v) is 3.63. The van der Waals surface area contributed by atoms with Crippen molar-refractivity contribution < 1.29 is 9.90 Å². The lowest BCUT2D eigenvalue weighted by atomic mass is 9.74. The molecule has 0 unspecified atom stereocenters. The van der Waals surface area contributed by atoms with Crippen LogP contribution in [0.15, 0.2) is 30.3 Å². The Labute approximate surface area is 147 Å². The number of hydrogen-bond acceptors (Lipinski definition) is 5. The molecule has 1 fully saturated rings. The number of rotatable bonds is 4. The number of nitrogens with zero attached hydrogens (tertiary/aromatic N) is 3. The van der Waals surface area contributed by atoms with Crippen LogP contribution in [-0.2, 0) is 11.2 Å². The van der Waals surface area contributed by atoms with Crippen LogP contribution in [0.25, 0.3) is 0 Å². The van der Waals surface area contributed by atoms with E-state index >= 15 is 0 Å². The van der Waals surface area contributed by atoms with Crippen molar-refractivity contribution in [3.63, 3.8) is 0 Å². The van der Waals surface area contributed by atoms with Crippen LogP contribution in [0.5, 0.6) is 0 Å². The minimum atomic E-state index is -0.821. The first-order chi connectivity index (χ1) is 11.9. The number of carbonyl (C=O) groups is 1. The summed E-state index contributed by atoms with van der Waals surface area (Å²) in [4.78, 5) is 22.7. The van der Waals surface area contributed by atoms with Crippen LogP contribution in [0, 0.1) is 19.3 Å². The van der Waals surface area contributed by atoms with Gasteiger partial charge in [-0.15, -0.1) is 0 Å². The van der Waals surface area contributed by atoms with Crippen molar-refractivity contribution in [2.75, 3.05) is 23.7 Å². The molecule has 2 heterocycles. The standard InChI is InChI=1S/C19H24N4O2/c1-13-6-3-4-7-15(13)11-19(17(24)25)8-5-9-23(12-19)16-10-14(2)21-18(20)22-16/h3-4,6-7,10H,5,8-9,11-12H2,1-2H3,(H,24,25)(H2,20,21,22)/t19-/m0/s1. The van der Waals surface area contributed by atoms with Gasteiger partial charge < -0.3 is 15.7 Å². The van der Waals surface area contributed by atoms with Gasteiger partial charge in [0, 0.05) is 24.8 Å². The molecule has 1 aliphatic heterocycles. The number of benzene rings is 1. The number of aliphatic carboxylic acids is 1. The van der Waals surface area contributed by atoms with Crippen LogP contribution in [0.1, 0.15) is 29.7 Å². The maximum absolute atomic E-state index is 12.2. The minimum Gasteiger partial charge on any atom is -0.481 e. The molecule has 6 nitrogen and oxygen atoms in total. The van der Waals surface area contributed by atoms with Crippen molar-refractivity contribution in [1.29, 1.82) is 0 Å². The largest absolute Gasteiger partial charge is 0.481 e. The molecular formula is C19H24N4O2. The van der Waals surface area contributed by atoms with Gasteiger partial charge in [0.1, 0.15) is 5.82 Å². The molecule has 0 amide bonds. The molecule has 2 aromatic rings. The lowest BCUT2D eigenvalue weighted by Crippen LogP contribution is -2.49. The lowest BCUT2D eigenvalue weighted by Gasteiger charge is -2.41. The highest BCUT2D eigenvalue weighted by molar-refractivity contribution is 5.76. The van der Waals surface area contributed by atoms with Gasteiger partial charge in [0.25, 0.3) is 0 Å². The Morgan fingerprint density at radius 1 is 1.32 bits per heavy atom. The van der Waals surface area contributed by atoms with E-state index in [9.17, 15) is 9.90 Å². The molecule has 25 heavy (non-hydrogen) atoms. The number of anilines is 2. The number of aromatic nitrogens is 2. The average molecular weight is 340 g/mol. The van der Waals surface area contributed by atoms with Crippen molar-refractivity contribution in [3.05, 3.63) is 47.2 Å². The number of hydrogen-bond donors (Lipinski definition) is 2. The molecule has 1 aliphatic rings. The first-order valence-corrected chi connectivity index (χ1v) is 8.54. The van der Waals surface area contributed by atoms with Crippen molar-refractivity contribution in [2.24, 2.45) is 5.41 Å². The Balaban J connectivity index is 1.91. The van der Waals surface area contributed by atoms with E-state index in [2.05, 4.69) is 9.97 Å². The number of carboxylic acids is 1. The number of nitrogen functional groups attached to an aromatic ring is 1. The summed E-state index contributed by atoms with van der Waals surface area (Å²) < 4.78 is 0. The SMILES string of the molecule is Cc1cc(N2CCC[C@@](Cc3ccccc3C)(C(=O)O)C2)nc(N)n1. The molecule has 132 valence electrons. The molecular weight excluding hydrogens is 316 g/mol. The summed E-state index contributed by atoms with van der Waals surface area (Å²) in [5.41, 5.74) is 7.95. The zero-order valence-corrected chi connectivity index (χ0v) is 14.7. The van der Waals surface area contributed by atoms with Crippen LogP contribution in [0.4, 0.5) is 11.8 Å². The molecule has 0 saturated carbocycles. The summed E-state index contributed by atoms with van der Waals surface area (Å²) in [6.45, 7) is 5.09. The van der Waals surface area contributed by atoms with Gasteiger partial charge in [0.15, 0.2) is 0 Å². The Morgan fingerprint density at radius 3 is 2.76 bits per heavy atom. The third-order valence-electron chi connectivity index (χ3n) is 5.00. The van der Waals surface area contributed by atoms with Crippen LogP contribution >= 0.6 is 0 Å². The van der Waals surface area contributed by atoms with Gasteiger partial charge >= 0.3 is 5.97 Å². The Morgan fingerprint density at radius 2 is 2.08 bits per heavy atom. The second-order valence-corrected chi connectivity index (χ2v) is 6.94. The van der Waals surface area contributed by atoms with Gasteiger partial charge in [-0.05, 0) is 44.2 Å². The molecule has 0 aliphatic carbocycles. The highest BCUT2D eigenvalue weighted by Gasteiger charge is 2.43. The first-order valence-electron chi connectivity index (χ1n) is 8.54. The van der Waals surface area contributed by atoms with Gasteiger partial charge in [-0.3, -0.25) is 4.79 Å². The van der Waals surface area contributed by atoms with E-state index in [0.717, 1.165) is 29.8 Å². The van der Waals surface area contributed by atoms with E-state index in [0.29, 0.717) is 25.2 Å². The summed E-state index contributed by atoms with van der Waals surface area (Å²) >= 11 is 0. The Kier molecular flexibility index (Phi) is 4.61. The zero-order valence-electron chi connectivity index (χ0n) is 14.7. The molecule has 1 atom stereocenters. The quantitative estimate of drug-likeness (QED) is 0.889. The predicted molar refractivity (Wildman–Crippen MR) is 97.6 cm³/mol. The first kappa shape index (κ1) is 17.2. The highest BCUT2D eigenvalue weighted by atomic mass is 16.4. The van der Waals surface area contributed by atoms with E-state index in [1.807, 2.05) is 49.1 Å². The van der Waals surface area contributed by atoms with Crippen LogP contribution < -0.4 is 10.6 Å². The van der Waals surface area contributed by atoms with Gasteiger partial charge in [-0.1, -0.05) is 24.3 Å². The number of piperidine rings is 1. The van der Waals surface area contributed by atoms with E-state index < -0.39 is 11.4 Å². The smallest absolute Gasteiger partial charge is 0.311 e. The second kappa shape index (κ2) is 6.70. The molecule has 1 saturated heterocycles. The highest BCUT2D eigenvalue weighted by Crippen LogP contribution is 2.36. The normalized spacial score (nSPS) is 20.5. The minimum absolute atomic E-state index is 0.223. The Bertz CT molecular complexity index is 772. The van der Waals surface area contributed by atoms with Crippen molar-refractivity contribution in [2.45, 2.75) is 33.1 Å². The lowest BCUT2D eigenvalue weighted by molar-refractivity contribution is -0.149. The molecule has 0 bridgehead atoms. The van der Waals surface area contributed by atoms with Crippen molar-refractivity contribution >= 4 is 17.7 Å². The van der Waals surface area contributed by atoms with E-state index in [1.165, 1.54) is 0 Å². The predicted octanol–water partition coefficient (Wildman–Crippen LogP) is 2.59. The molecule has 0 spiro atoms. The fourth-order valence-electron chi connectivity index (χ4n) is 3.63. The average Bonchev–Trinajstić information content (AvgIpc) is 2.56. The summed E-state index contributed by atoms with van der Waals surface area (Å²) in [7, 11) is 0. The summed E-state index contributed by atoms with van der Waals surface area (Å²) in [6.07, 6.45) is 1.99. The molecule has 1 aromatic heterocycles. The van der Waals surface area contributed by atoms with Crippen LogP contribution in [0.3, 0.4) is 0 Å². The van der Waals surface area contributed by atoms with Gasteiger partial charge in [-0.25, -0.2) is 4.98 Å². The van der Waals surface area contributed by atoms with E-state index in [4.69, 9.17) is 5.73 Å². The Hall–Kier alpha value is -2.63. The molecule has 3 N–H and O–H groups in total. The number of nitrogens with two attached hydrogens (primary N) is 1. The maximum Gasteiger partial charge on any atom is 0.311 e. The fraction of sp³-hybridized carbons (Fsp3) is 0.421. The van der Waals surface area contributed by atoms with Gasteiger partial charge in [0.05, 0.1) is 5.41 Å². The monoisotopic (exact) mass is 340 g/mol. The topological polar surface area (TPSA) is 92.3 Å². The molecule has 0 radical (unpaired) electrons. The van der Waals surface area contributed by atoms with Crippen molar-refractivity contribution in [1.82, 2.24) is 9.97 Å². The summed E-state index contributed by atoms with van der Waals surface area (Å²) in [6, 6.07) is 9.85. The number of carboxylic acid groups (broad SMARTS) is 1. The van der Waals surface area contributed by atoms with Crippen LogP contribution in [0.2, 0.25) is 0 Å².